The quantitative estimate of drug-likeness (QED) is 0.775. The maximum Gasteiger partial charge on any atom is 0.150 e. The Bertz CT molecular complexity index is 504. The van der Waals surface area contributed by atoms with Crippen LogP contribution in [0.5, 0.6) is 0 Å². The number of hydrogen-bond donors (Lipinski definition) is 2. The molecular formula is C10H11BrN4. The van der Waals surface area contributed by atoms with Gasteiger partial charge in [0, 0.05) is 10.0 Å². The van der Waals surface area contributed by atoms with Crippen molar-refractivity contribution < 1.29 is 0 Å². The molecule has 2 rings (SSSR count). The fraction of sp³-hybridized carbons (Fsp3) is 0.100. The molecule has 4 nitrogen and oxygen atoms in total. The molecule has 0 atom stereocenters. The van der Waals surface area contributed by atoms with Crippen LogP contribution in [0.4, 0.5) is 5.82 Å². The van der Waals surface area contributed by atoms with Crippen molar-refractivity contribution in [2.24, 2.45) is 0 Å². The van der Waals surface area contributed by atoms with Crippen molar-refractivity contribution >= 4 is 21.7 Å². The molecule has 0 spiro atoms. The van der Waals surface area contributed by atoms with Crippen LogP contribution in [-0.4, -0.2) is 9.66 Å². The monoisotopic (exact) mass is 266 g/mol. The van der Waals surface area contributed by atoms with E-state index in [2.05, 4.69) is 20.9 Å². The summed E-state index contributed by atoms with van der Waals surface area (Å²) in [6.07, 6.45) is 0. The van der Waals surface area contributed by atoms with E-state index in [0.29, 0.717) is 17.3 Å². The maximum atomic E-state index is 5.86. The van der Waals surface area contributed by atoms with Gasteiger partial charge in [0.05, 0.1) is 0 Å². The number of hydrogen-bond acceptors (Lipinski definition) is 3. The third kappa shape index (κ3) is 1.59. The third-order valence-electron chi connectivity index (χ3n) is 2.25. The second-order valence-electron chi connectivity index (χ2n) is 3.24. The van der Waals surface area contributed by atoms with E-state index in [0.717, 1.165) is 10.0 Å². The molecule has 78 valence electrons. The molecule has 0 aliphatic carbocycles. The van der Waals surface area contributed by atoms with E-state index in [4.69, 9.17) is 11.6 Å². The Morgan fingerprint density at radius 2 is 2.00 bits per heavy atom. The first-order valence-corrected chi connectivity index (χ1v) is 5.25. The number of nitrogens with two attached hydrogens (primary N) is 2. The number of imidazole rings is 1. The molecule has 0 radical (unpaired) electrons. The fourth-order valence-corrected chi connectivity index (χ4v) is 1.89. The molecule has 0 fully saturated rings. The van der Waals surface area contributed by atoms with E-state index in [1.165, 1.54) is 4.68 Å². The second-order valence-corrected chi connectivity index (χ2v) is 4.10. The number of rotatable bonds is 1. The van der Waals surface area contributed by atoms with E-state index in [1.54, 1.807) is 0 Å². The number of aryl methyl sites for hydroxylation is 1. The Morgan fingerprint density at radius 3 is 2.53 bits per heavy atom. The highest BCUT2D eigenvalue weighted by Gasteiger charge is 2.13. The summed E-state index contributed by atoms with van der Waals surface area (Å²) in [5.74, 6) is 6.87. The lowest BCUT2D eigenvalue weighted by atomic mass is 10.1. The Balaban J connectivity index is 2.65. The smallest absolute Gasteiger partial charge is 0.150 e. The van der Waals surface area contributed by atoms with Crippen LogP contribution in [0.3, 0.4) is 0 Å². The van der Waals surface area contributed by atoms with Crippen molar-refractivity contribution in [3.05, 3.63) is 34.6 Å². The largest absolute Gasteiger partial charge is 0.382 e. The number of aromatic nitrogens is 2. The van der Waals surface area contributed by atoms with Gasteiger partial charge in [-0.1, -0.05) is 34.1 Å². The van der Waals surface area contributed by atoms with Crippen LogP contribution in [0, 0.1) is 6.92 Å². The van der Waals surface area contributed by atoms with Gasteiger partial charge in [-0.3, -0.25) is 0 Å². The zero-order valence-electron chi connectivity index (χ0n) is 8.24. The van der Waals surface area contributed by atoms with Crippen LogP contribution in [0.1, 0.15) is 5.82 Å². The van der Waals surface area contributed by atoms with Crippen molar-refractivity contribution in [3.63, 3.8) is 0 Å². The highest BCUT2D eigenvalue weighted by atomic mass is 79.9. The van der Waals surface area contributed by atoms with Gasteiger partial charge in [-0.25, -0.2) is 9.66 Å². The zero-order valence-corrected chi connectivity index (χ0v) is 9.82. The summed E-state index contributed by atoms with van der Waals surface area (Å²) in [5.41, 5.74) is 7.52. The summed E-state index contributed by atoms with van der Waals surface area (Å²) in [7, 11) is 0. The maximum absolute atomic E-state index is 5.86. The van der Waals surface area contributed by atoms with E-state index in [-0.39, 0.29) is 0 Å². The molecule has 0 saturated heterocycles. The first-order chi connectivity index (χ1) is 7.11. The van der Waals surface area contributed by atoms with Crippen molar-refractivity contribution in [1.82, 2.24) is 9.66 Å². The molecule has 0 unspecified atom stereocenters. The Morgan fingerprint density at radius 1 is 1.33 bits per heavy atom. The number of anilines is 1. The average molecular weight is 267 g/mol. The van der Waals surface area contributed by atoms with Crippen LogP contribution in [0.15, 0.2) is 28.7 Å². The third-order valence-corrected chi connectivity index (χ3v) is 2.94. The van der Waals surface area contributed by atoms with Crippen LogP contribution in [-0.2, 0) is 0 Å². The molecule has 0 saturated carbocycles. The summed E-state index contributed by atoms with van der Waals surface area (Å²) < 4.78 is 2.34. The summed E-state index contributed by atoms with van der Waals surface area (Å²) in [6, 6.07) is 7.77. The average Bonchev–Trinajstić information content (AvgIpc) is 2.47. The van der Waals surface area contributed by atoms with Gasteiger partial charge in [0.15, 0.2) is 5.82 Å². The molecule has 2 aromatic rings. The van der Waals surface area contributed by atoms with E-state index in [9.17, 15) is 0 Å². The van der Waals surface area contributed by atoms with Crippen LogP contribution in [0.25, 0.3) is 11.3 Å². The van der Waals surface area contributed by atoms with Crippen LogP contribution >= 0.6 is 15.9 Å². The van der Waals surface area contributed by atoms with Crippen molar-refractivity contribution in [2.45, 2.75) is 6.92 Å². The summed E-state index contributed by atoms with van der Waals surface area (Å²) in [5, 5.41) is 0. The zero-order chi connectivity index (χ0) is 11.0. The minimum Gasteiger partial charge on any atom is -0.382 e. The van der Waals surface area contributed by atoms with E-state index >= 15 is 0 Å². The van der Waals surface area contributed by atoms with Crippen molar-refractivity contribution in [2.75, 3.05) is 11.6 Å². The van der Waals surface area contributed by atoms with Gasteiger partial charge in [-0.15, -0.1) is 0 Å². The van der Waals surface area contributed by atoms with Gasteiger partial charge >= 0.3 is 0 Å². The van der Waals surface area contributed by atoms with Gasteiger partial charge in [-0.2, -0.15) is 0 Å². The molecule has 0 amide bonds. The van der Waals surface area contributed by atoms with Gasteiger partial charge < -0.3 is 11.6 Å². The number of nitrogen functional groups attached to an aromatic ring is 2. The molecule has 0 aliphatic rings. The minimum atomic E-state index is 0.472. The summed E-state index contributed by atoms with van der Waals surface area (Å²) >= 11 is 3.46. The SMILES string of the molecule is Cc1nc(-c2ccccc2Br)c(N)n1N. The molecule has 0 bridgehead atoms. The predicted octanol–water partition coefficient (Wildman–Crippen LogP) is 1.92. The van der Waals surface area contributed by atoms with Gasteiger partial charge in [0.2, 0.25) is 0 Å². The fourth-order valence-electron chi connectivity index (χ4n) is 1.41. The Hall–Kier alpha value is -1.49. The molecule has 1 aromatic carbocycles. The highest BCUT2D eigenvalue weighted by Crippen LogP contribution is 2.30. The first-order valence-electron chi connectivity index (χ1n) is 4.46. The number of nitrogens with zero attached hydrogens (tertiary/aromatic N) is 2. The van der Waals surface area contributed by atoms with E-state index in [1.807, 2.05) is 31.2 Å². The normalized spacial score (nSPS) is 10.5. The van der Waals surface area contributed by atoms with Gasteiger partial charge in [-0.05, 0) is 13.0 Å². The lowest BCUT2D eigenvalue weighted by Gasteiger charge is -2.02. The highest BCUT2D eigenvalue weighted by molar-refractivity contribution is 9.10. The first kappa shape index (κ1) is 10.0. The minimum absolute atomic E-state index is 0.472. The van der Waals surface area contributed by atoms with Gasteiger partial charge in [0.25, 0.3) is 0 Å². The van der Waals surface area contributed by atoms with Crippen LogP contribution in [0.2, 0.25) is 0 Å². The summed E-state index contributed by atoms with van der Waals surface area (Å²) in [4.78, 5) is 4.32. The molecular weight excluding hydrogens is 256 g/mol. The van der Waals surface area contributed by atoms with Crippen molar-refractivity contribution in [3.8, 4) is 11.3 Å². The Labute approximate surface area is 96.0 Å². The predicted molar refractivity (Wildman–Crippen MR) is 64.7 cm³/mol. The standard InChI is InChI=1S/C10H11BrN4/c1-6-14-9(10(12)15(6)13)7-4-2-3-5-8(7)11/h2-5H,12-13H2,1H3. The van der Waals surface area contributed by atoms with Crippen LogP contribution < -0.4 is 11.6 Å². The number of benzene rings is 1. The Kier molecular flexibility index (Phi) is 2.40. The topological polar surface area (TPSA) is 69.9 Å². The number of halogens is 1. The molecule has 4 N–H and O–H groups in total. The molecule has 1 heterocycles. The van der Waals surface area contributed by atoms with E-state index < -0.39 is 0 Å². The second kappa shape index (κ2) is 3.58. The molecule has 0 aliphatic heterocycles. The van der Waals surface area contributed by atoms with Crippen molar-refractivity contribution in [1.29, 1.82) is 0 Å². The molecule has 1 aromatic heterocycles. The van der Waals surface area contributed by atoms with Gasteiger partial charge in [0.1, 0.15) is 11.5 Å². The lowest BCUT2D eigenvalue weighted by molar-refractivity contribution is 0.937. The summed E-state index contributed by atoms with van der Waals surface area (Å²) in [6.45, 7) is 1.82. The molecule has 5 heteroatoms. The lowest BCUT2D eigenvalue weighted by Crippen LogP contribution is -2.13. The molecule has 15 heavy (non-hydrogen) atoms.